The van der Waals surface area contributed by atoms with Crippen LogP contribution in [0.2, 0.25) is 0 Å². The van der Waals surface area contributed by atoms with Crippen LogP contribution in [0.3, 0.4) is 0 Å². The molecule has 0 aromatic rings. The van der Waals surface area contributed by atoms with Gasteiger partial charge in [-0.15, -0.1) is 0 Å². The first-order valence-corrected chi connectivity index (χ1v) is 6.48. The van der Waals surface area contributed by atoms with Gasteiger partial charge in [0.2, 0.25) is 5.91 Å². The van der Waals surface area contributed by atoms with Crippen molar-refractivity contribution in [2.24, 2.45) is 17.6 Å². The molecule has 0 aromatic carbocycles. The lowest BCUT2D eigenvalue weighted by Gasteiger charge is -2.38. The molecule has 3 unspecified atom stereocenters. The number of carbonyl (C=O) groups is 1. The lowest BCUT2D eigenvalue weighted by molar-refractivity contribution is -0.137. The van der Waals surface area contributed by atoms with E-state index in [1.807, 2.05) is 11.8 Å². The standard InChI is InChI=1S/C12H22N2OS/c1-4-10(11(13)16)12(15)14-7-8(2)5-6-9(14)3/h8-10H,4-7H2,1-3H3,(H2,13,16). The molecule has 0 bridgehead atoms. The normalized spacial score (nSPS) is 27.6. The third kappa shape index (κ3) is 2.94. The van der Waals surface area contributed by atoms with Gasteiger partial charge in [0.25, 0.3) is 0 Å². The van der Waals surface area contributed by atoms with Gasteiger partial charge in [-0.25, -0.2) is 0 Å². The second-order valence-corrected chi connectivity index (χ2v) is 5.36. The number of thiocarbonyl (C=S) groups is 1. The van der Waals surface area contributed by atoms with Gasteiger partial charge in [0.15, 0.2) is 0 Å². The summed E-state index contributed by atoms with van der Waals surface area (Å²) >= 11 is 4.96. The number of carbonyl (C=O) groups excluding carboxylic acids is 1. The minimum absolute atomic E-state index is 0.119. The number of hydrogen-bond acceptors (Lipinski definition) is 2. The first-order valence-electron chi connectivity index (χ1n) is 6.07. The Morgan fingerprint density at radius 2 is 2.12 bits per heavy atom. The Bertz CT molecular complexity index is 280. The minimum atomic E-state index is -0.275. The molecule has 1 rings (SSSR count). The summed E-state index contributed by atoms with van der Waals surface area (Å²) in [6.07, 6.45) is 2.99. The first kappa shape index (κ1) is 13.4. The lowest BCUT2D eigenvalue weighted by Crippen LogP contribution is -2.49. The Balaban J connectivity index is 2.74. The SMILES string of the molecule is CCC(C(=O)N1CC(C)CCC1C)C(N)=S. The van der Waals surface area contributed by atoms with Crippen molar-refractivity contribution in [3.8, 4) is 0 Å². The summed E-state index contributed by atoms with van der Waals surface area (Å²) in [7, 11) is 0. The number of nitrogens with two attached hydrogens (primary N) is 1. The predicted molar refractivity (Wildman–Crippen MR) is 70.1 cm³/mol. The Kier molecular flexibility index (Phi) is 4.71. The van der Waals surface area contributed by atoms with Crippen molar-refractivity contribution in [3.05, 3.63) is 0 Å². The van der Waals surface area contributed by atoms with Crippen LogP contribution in [0.25, 0.3) is 0 Å². The molecule has 0 aromatic heterocycles. The number of likely N-dealkylation sites (tertiary alicyclic amines) is 1. The van der Waals surface area contributed by atoms with Crippen LogP contribution in [0.4, 0.5) is 0 Å². The third-order valence-electron chi connectivity index (χ3n) is 3.45. The van der Waals surface area contributed by atoms with E-state index in [2.05, 4.69) is 13.8 Å². The van der Waals surface area contributed by atoms with E-state index >= 15 is 0 Å². The summed E-state index contributed by atoms with van der Waals surface area (Å²) in [6, 6.07) is 0.326. The molecular formula is C12H22N2OS. The quantitative estimate of drug-likeness (QED) is 0.769. The lowest BCUT2D eigenvalue weighted by atomic mass is 9.93. The maximum atomic E-state index is 12.3. The second kappa shape index (κ2) is 5.62. The highest BCUT2D eigenvalue weighted by Crippen LogP contribution is 2.23. The Morgan fingerprint density at radius 3 is 2.62 bits per heavy atom. The van der Waals surface area contributed by atoms with Crippen molar-refractivity contribution in [2.75, 3.05) is 6.54 Å². The number of piperidine rings is 1. The van der Waals surface area contributed by atoms with E-state index in [9.17, 15) is 4.79 Å². The first-order chi connectivity index (χ1) is 7.47. The van der Waals surface area contributed by atoms with E-state index in [1.54, 1.807) is 0 Å². The molecule has 1 heterocycles. The molecule has 0 saturated carbocycles. The molecule has 4 heteroatoms. The van der Waals surface area contributed by atoms with Gasteiger partial charge in [-0.1, -0.05) is 26.1 Å². The number of hydrogen-bond donors (Lipinski definition) is 1. The summed E-state index contributed by atoms with van der Waals surface area (Å²) in [5.41, 5.74) is 5.62. The van der Waals surface area contributed by atoms with Crippen molar-refractivity contribution in [3.63, 3.8) is 0 Å². The predicted octanol–water partition coefficient (Wildman–Crippen LogP) is 1.95. The summed E-state index contributed by atoms with van der Waals surface area (Å²) in [4.78, 5) is 14.6. The van der Waals surface area contributed by atoms with Crippen molar-refractivity contribution >= 4 is 23.1 Å². The monoisotopic (exact) mass is 242 g/mol. The molecule has 92 valence electrons. The van der Waals surface area contributed by atoms with Crippen molar-refractivity contribution < 1.29 is 4.79 Å². The summed E-state index contributed by atoms with van der Waals surface area (Å²) < 4.78 is 0. The van der Waals surface area contributed by atoms with Crippen LogP contribution >= 0.6 is 12.2 Å². The van der Waals surface area contributed by atoms with Crippen LogP contribution in [-0.2, 0) is 4.79 Å². The number of amides is 1. The van der Waals surface area contributed by atoms with Gasteiger partial charge in [-0.3, -0.25) is 4.79 Å². The molecule has 2 N–H and O–H groups in total. The molecule has 1 saturated heterocycles. The smallest absolute Gasteiger partial charge is 0.232 e. The molecule has 1 fully saturated rings. The summed E-state index contributed by atoms with van der Waals surface area (Å²) in [5.74, 6) is 0.431. The summed E-state index contributed by atoms with van der Waals surface area (Å²) in [6.45, 7) is 7.10. The van der Waals surface area contributed by atoms with Gasteiger partial charge < -0.3 is 10.6 Å². The van der Waals surface area contributed by atoms with Crippen LogP contribution in [-0.4, -0.2) is 28.4 Å². The highest BCUT2D eigenvalue weighted by Gasteiger charge is 2.31. The van der Waals surface area contributed by atoms with Gasteiger partial charge >= 0.3 is 0 Å². The van der Waals surface area contributed by atoms with Crippen LogP contribution in [0.1, 0.15) is 40.0 Å². The zero-order chi connectivity index (χ0) is 12.3. The van der Waals surface area contributed by atoms with Gasteiger partial charge in [0, 0.05) is 12.6 Å². The van der Waals surface area contributed by atoms with E-state index in [4.69, 9.17) is 18.0 Å². The molecule has 1 amide bonds. The fourth-order valence-corrected chi connectivity index (χ4v) is 2.56. The van der Waals surface area contributed by atoms with Crippen LogP contribution < -0.4 is 5.73 Å². The number of nitrogens with zero attached hydrogens (tertiary/aromatic N) is 1. The molecule has 1 aliphatic heterocycles. The fourth-order valence-electron chi connectivity index (χ4n) is 2.29. The zero-order valence-corrected chi connectivity index (χ0v) is 11.2. The third-order valence-corrected chi connectivity index (χ3v) is 3.74. The largest absolute Gasteiger partial charge is 0.393 e. The van der Waals surface area contributed by atoms with E-state index in [-0.39, 0.29) is 11.8 Å². The average Bonchev–Trinajstić information content (AvgIpc) is 2.22. The van der Waals surface area contributed by atoms with E-state index in [1.165, 1.54) is 6.42 Å². The second-order valence-electron chi connectivity index (χ2n) is 4.89. The van der Waals surface area contributed by atoms with Crippen molar-refractivity contribution in [2.45, 2.75) is 46.1 Å². The van der Waals surface area contributed by atoms with Crippen LogP contribution in [0.15, 0.2) is 0 Å². The van der Waals surface area contributed by atoms with Gasteiger partial charge in [0.1, 0.15) is 0 Å². The molecule has 0 spiro atoms. The fraction of sp³-hybridized carbons (Fsp3) is 0.833. The molecule has 1 aliphatic rings. The molecule has 3 atom stereocenters. The van der Waals surface area contributed by atoms with Gasteiger partial charge in [-0.2, -0.15) is 0 Å². The van der Waals surface area contributed by atoms with Crippen molar-refractivity contribution in [1.82, 2.24) is 4.90 Å². The van der Waals surface area contributed by atoms with Gasteiger partial charge in [0.05, 0.1) is 10.9 Å². The van der Waals surface area contributed by atoms with E-state index < -0.39 is 0 Å². The molecule has 0 aliphatic carbocycles. The Labute approximate surface area is 103 Å². The average molecular weight is 242 g/mol. The van der Waals surface area contributed by atoms with E-state index in [0.717, 1.165) is 13.0 Å². The Morgan fingerprint density at radius 1 is 1.50 bits per heavy atom. The molecular weight excluding hydrogens is 220 g/mol. The van der Waals surface area contributed by atoms with Crippen LogP contribution in [0.5, 0.6) is 0 Å². The highest BCUT2D eigenvalue weighted by molar-refractivity contribution is 7.80. The van der Waals surface area contributed by atoms with Gasteiger partial charge in [-0.05, 0) is 32.1 Å². The molecule has 16 heavy (non-hydrogen) atoms. The minimum Gasteiger partial charge on any atom is -0.393 e. The van der Waals surface area contributed by atoms with Crippen LogP contribution in [0, 0.1) is 11.8 Å². The maximum Gasteiger partial charge on any atom is 0.232 e. The van der Waals surface area contributed by atoms with E-state index in [0.29, 0.717) is 23.4 Å². The topological polar surface area (TPSA) is 46.3 Å². The zero-order valence-electron chi connectivity index (χ0n) is 10.4. The maximum absolute atomic E-state index is 12.3. The highest BCUT2D eigenvalue weighted by atomic mass is 32.1. The Hall–Kier alpha value is -0.640. The molecule has 3 nitrogen and oxygen atoms in total. The van der Waals surface area contributed by atoms with Crippen molar-refractivity contribution in [1.29, 1.82) is 0 Å². The summed E-state index contributed by atoms with van der Waals surface area (Å²) in [5, 5.41) is 0. The molecule has 0 radical (unpaired) electrons. The number of rotatable bonds is 3.